The molecule has 1 fully saturated rings. The average molecular weight is 534 g/mol. The van der Waals surface area contributed by atoms with E-state index >= 15 is 0 Å². The molecule has 1 saturated heterocycles. The zero-order valence-electron chi connectivity index (χ0n) is 18.9. The number of pyridine rings is 1. The van der Waals surface area contributed by atoms with Crippen LogP contribution in [0.2, 0.25) is 0 Å². The van der Waals surface area contributed by atoms with Crippen LogP contribution < -0.4 is 5.32 Å². The fraction of sp³-hybridized carbons (Fsp3) is 0.261. The van der Waals surface area contributed by atoms with Crippen LogP contribution in [0.4, 0.5) is 17.6 Å². The molecule has 1 atom stereocenters. The second kappa shape index (κ2) is 10.2. The Kier molecular flexibility index (Phi) is 7.19. The summed E-state index contributed by atoms with van der Waals surface area (Å²) >= 11 is 0. The molecule has 0 saturated carbocycles. The molecule has 1 aliphatic rings. The number of sulfonamides is 1. The molecule has 3 heterocycles. The standard InChI is InChI=1S/C23H18F4N6O3S/c24-17-3-5-18(6-4-17)37(35,36)33-7-1-2-20(33)21(34)30-10-14-8-19(29-11-15(14)9-28)16-12-31-22(32-13-16)23(25,26)27/h3-6,8,11-13,20H,1-2,7,10H2,(H,30,34). The molecule has 1 N–H and O–H groups in total. The van der Waals surface area contributed by atoms with E-state index in [1.54, 1.807) is 0 Å². The molecule has 4 rings (SSSR count). The third kappa shape index (κ3) is 5.57. The summed E-state index contributed by atoms with van der Waals surface area (Å²) < 4.78 is 78.5. The van der Waals surface area contributed by atoms with Crippen molar-refractivity contribution in [2.75, 3.05) is 6.54 Å². The summed E-state index contributed by atoms with van der Waals surface area (Å²) in [6.07, 6.45) is -0.899. The predicted molar refractivity (Wildman–Crippen MR) is 120 cm³/mol. The van der Waals surface area contributed by atoms with E-state index in [4.69, 9.17) is 0 Å². The zero-order valence-corrected chi connectivity index (χ0v) is 19.7. The van der Waals surface area contributed by atoms with Gasteiger partial charge in [0.05, 0.1) is 16.2 Å². The molecule has 0 aliphatic carbocycles. The molecule has 0 bridgehead atoms. The Morgan fingerprint density at radius 1 is 1.14 bits per heavy atom. The first-order valence-corrected chi connectivity index (χ1v) is 12.3. The summed E-state index contributed by atoms with van der Waals surface area (Å²) in [7, 11) is -4.05. The van der Waals surface area contributed by atoms with Crippen molar-refractivity contribution in [1.29, 1.82) is 5.26 Å². The number of alkyl halides is 3. The molecule has 0 radical (unpaired) electrons. The lowest BCUT2D eigenvalue weighted by Crippen LogP contribution is -2.45. The van der Waals surface area contributed by atoms with E-state index in [1.165, 1.54) is 12.3 Å². The Hall–Kier alpha value is -3.96. The molecule has 14 heteroatoms. The molecule has 1 aromatic carbocycles. The minimum Gasteiger partial charge on any atom is -0.351 e. The van der Waals surface area contributed by atoms with E-state index in [-0.39, 0.29) is 41.2 Å². The fourth-order valence-electron chi connectivity index (χ4n) is 3.84. The number of hydrogen-bond acceptors (Lipinski definition) is 7. The number of benzene rings is 1. The van der Waals surface area contributed by atoms with Crippen LogP contribution in [0.3, 0.4) is 0 Å². The normalized spacial score (nSPS) is 16.4. The first kappa shape index (κ1) is 26.1. The minimum atomic E-state index is -4.70. The van der Waals surface area contributed by atoms with Crippen molar-refractivity contribution in [3.05, 3.63) is 71.7 Å². The molecule has 0 spiro atoms. The van der Waals surface area contributed by atoms with Crippen LogP contribution in [0.1, 0.15) is 29.8 Å². The Labute approximate surface area is 208 Å². The number of aromatic nitrogens is 3. The van der Waals surface area contributed by atoms with E-state index in [0.717, 1.165) is 41.0 Å². The van der Waals surface area contributed by atoms with E-state index in [1.807, 2.05) is 6.07 Å². The van der Waals surface area contributed by atoms with Gasteiger partial charge < -0.3 is 5.32 Å². The Bertz CT molecular complexity index is 1460. The molecule has 192 valence electrons. The highest BCUT2D eigenvalue weighted by molar-refractivity contribution is 7.89. The largest absolute Gasteiger partial charge is 0.451 e. The molecule has 1 unspecified atom stereocenters. The van der Waals surface area contributed by atoms with Gasteiger partial charge in [0.15, 0.2) is 0 Å². The number of amides is 1. The van der Waals surface area contributed by atoms with Gasteiger partial charge in [-0.05, 0) is 48.7 Å². The molecule has 1 amide bonds. The fourth-order valence-corrected chi connectivity index (χ4v) is 5.50. The van der Waals surface area contributed by atoms with Crippen molar-refractivity contribution in [2.45, 2.75) is 36.5 Å². The minimum absolute atomic E-state index is 0.106. The first-order valence-electron chi connectivity index (χ1n) is 10.8. The molecule has 3 aromatic rings. The number of carbonyl (C=O) groups is 1. The highest BCUT2D eigenvalue weighted by Gasteiger charge is 2.39. The van der Waals surface area contributed by atoms with Crippen LogP contribution in [-0.4, -0.2) is 46.2 Å². The topological polar surface area (TPSA) is 129 Å². The van der Waals surface area contributed by atoms with E-state index in [2.05, 4.69) is 20.3 Å². The van der Waals surface area contributed by atoms with Gasteiger partial charge in [0.25, 0.3) is 0 Å². The van der Waals surface area contributed by atoms with E-state index < -0.39 is 39.8 Å². The first-order chi connectivity index (χ1) is 17.5. The lowest BCUT2D eigenvalue weighted by atomic mass is 10.1. The summed E-state index contributed by atoms with van der Waals surface area (Å²) in [4.78, 5) is 23.4. The number of hydrogen-bond donors (Lipinski definition) is 1. The molecule has 2 aromatic heterocycles. The maximum absolute atomic E-state index is 13.2. The van der Waals surface area contributed by atoms with Gasteiger partial charge in [-0.3, -0.25) is 9.78 Å². The SMILES string of the molecule is N#Cc1cnc(-c2cnc(C(F)(F)F)nc2)cc1CNC(=O)C1CCCN1S(=O)(=O)c1ccc(F)cc1. The van der Waals surface area contributed by atoms with Gasteiger partial charge in [0, 0.05) is 37.2 Å². The maximum Gasteiger partial charge on any atom is 0.451 e. The second-order valence-electron chi connectivity index (χ2n) is 8.08. The number of nitrogens with zero attached hydrogens (tertiary/aromatic N) is 5. The van der Waals surface area contributed by atoms with Crippen LogP contribution in [0.5, 0.6) is 0 Å². The lowest BCUT2D eigenvalue weighted by Gasteiger charge is -2.23. The van der Waals surface area contributed by atoms with Crippen molar-refractivity contribution >= 4 is 15.9 Å². The quantitative estimate of drug-likeness (QED) is 0.482. The van der Waals surface area contributed by atoms with Crippen molar-refractivity contribution in [1.82, 2.24) is 24.6 Å². The van der Waals surface area contributed by atoms with Crippen LogP contribution >= 0.6 is 0 Å². The summed E-state index contributed by atoms with van der Waals surface area (Å²) in [5.74, 6) is -2.50. The van der Waals surface area contributed by atoms with Crippen LogP contribution in [-0.2, 0) is 27.5 Å². The summed E-state index contributed by atoms with van der Waals surface area (Å²) in [5, 5.41) is 12.0. The molecule has 37 heavy (non-hydrogen) atoms. The van der Waals surface area contributed by atoms with Gasteiger partial charge >= 0.3 is 6.18 Å². The Morgan fingerprint density at radius 2 is 1.81 bits per heavy atom. The highest BCUT2D eigenvalue weighted by Crippen LogP contribution is 2.28. The van der Waals surface area contributed by atoms with Gasteiger partial charge in [-0.2, -0.15) is 22.7 Å². The highest BCUT2D eigenvalue weighted by atomic mass is 32.2. The van der Waals surface area contributed by atoms with Crippen LogP contribution in [0, 0.1) is 17.1 Å². The van der Waals surface area contributed by atoms with Crippen molar-refractivity contribution in [3.8, 4) is 17.3 Å². The smallest absolute Gasteiger partial charge is 0.351 e. The Morgan fingerprint density at radius 3 is 2.43 bits per heavy atom. The van der Waals surface area contributed by atoms with Gasteiger partial charge in [0.1, 0.15) is 17.9 Å². The number of carbonyl (C=O) groups excluding carboxylic acids is 1. The molecular formula is C23H18F4N6O3S. The second-order valence-corrected chi connectivity index (χ2v) is 9.97. The van der Waals surface area contributed by atoms with Gasteiger partial charge in [-0.25, -0.2) is 22.8 Å². The van der Waals surface area contributed by atoms with Gasteiger partial charge in [-0.15, -0.1) is 0 Å². The summed E-state index contributed by atoms with van der Waals surface area (Å²) in [6.45, 7) is -0.0613. The maximum atomic E-state index is 13.2. The number of nitriles is 1. The van der Waals surface area contributed by atoms with Gasteiger partial charge in [-0.1, -0.05) is 0 Å². The molecule has 9 nitrogen and oxygen atoms in total. The van der Waals surface area contributed by atoms with Gasteiger partial charge in [0.2, 0.25) is 21.8 Å². The number of rotatable bonds is 6. The van der Waals surface area contributed by atoms with Crippen molar-refractivity contribution < 1.29 is 30.8 Å². The molecule has 1 aliphatic heterocycles. The van der Waals surface area contributed by atoms with Crippen molar-refractivity contribution in [3.63, 3.8) is 0 Å². The average Bonchev–Trinajstić information content (AvgIpc) is 3.38. The zero-order chi connectivity index (χ0) is 26.8. The third-order valence-corrected chi connectivity index (χ3v) is 7.61. The summed E-state index contributed by atoms with van der Waals surface area (Å²) in [6, 6.07) is 6.61. The Balaban J connectivity index is 1.51. The number of halogens is 4. The predicted octanol–water partition coefficient (Wildman–Crippen LogP) is 3.04. The third-order valence-electron chi connectivity index (χ3n) is 5.69. The van der Waals surface area contributed by atoms with Crippen LogP contribution in [0.25, 0.3) is 11.3 Å². The lowest BCUT2D eigenvalue weighted by molar-refractivity contribution is -0.145. The summed E-state index contributed by atoms with van der Waals surface area (Å²) in [5.41, 5.74) is 0.765. The number of nitrogens with one attached hydrogen (secondary N) is 1. The molecular weight excluding hydrogens is 516 g/mol. The monoisotopic (exact) mass is 534 g/mol. The van der Waals surface area contributed by atoms with E-state index in [9.17, 15) is 36.0 Å². The van der Waals surface area contributed by atoms with Crippen molar-refractivity contribution in [2.24, 2.45) is 0 Å². The van der Waals surface area contributed by atoms with E-state index in [0.29, 0.717) is 12.0 Å². The van der Waals surface area contributed by atoms with Crippen LogP contribution in [0.15, 0.2) is 53.8 Å².